The number of aromatic nitrogens is 3. The van der Waals surface area contributed by atoms with Crippen molar-refractivity contribution in [3.05, 3.63) is 46.5 Å². The maximum Gasteiger partial charge on any atom is 0.230 e. The summed E-state index contributed by atoms with van der Waals surface area (Å²) in [7, 11) is 3.66. The van der Waals surface area contributed by atoms with Gasteiger partial charge in [0.2, 0.25) is 17.7 Å². The number of methoxy groups -OCH3 is 1. The predicted molar refractivity (Wildman–Crippen MR) is 96.9 cm³/mol. The van der Waals surface area contributed by atoms with Crippen LogP contribution in [0.25, 0.3) is 11.5 Å². The van der Waals surface area contributed by atoms with Gasteiger partial charge < -0.3 is 13.6 Å². The zero-order valence-corrected chi connectivity index (χ0v) is 16.1. The number of rotatable bonds is 6. The molecule has 0 saturated carbocycles. The first-order valence-electron chi connectivity index (χ1n) is 8.46. The summed E-state index contributed by atoms with van der Waals surface area (Å²) in [5.74, 6) is 3.46. The van der Waals surface area contributed by atoms with E-state index in [9.17, 15) is 0 Å². The van der Waals surface area contributed by atoms with Crippen LogP contribution < -0.4 is 4.74 Å². The fourth-order valence-electron chi connectivity index (χ4n) is 2.87. The molecule has 0 radical (unpaired) electrons. The first kappa shape index (κ1) is 18.1. The molecule has 0 aliphatic heterocycles. The van der Waals surface area contributed by atoms with Gasteiger partial charge in [-0.1, -0.05) is 0 Å². The minimum absolute atomic E-state index is 0.559. The van der Waals surface area contributed by atoms with Crippen LogP contribution in [0.15, 0.2) is 21.0 Å². The summed E-state index contributed by atoms with van der Waals surface area (Å²) in [6.07, 6.45) is 0. The van der Waals surface area contributed by atoms with Gasteiger partial charge in [0, 0.05) is 19.0 Å². The second kappa shape index (κ2) is 7.29. The van der Waals surface area contributed by atoms with Gasteiger partial charge in [-0.3, -0.25) is 4.90 Å². The van der Waals surface area contributed by atoms with Crippen molar-refractivity contribution in [3.8, 4) is 17.2 Å². The lowest BCUT2D eigenvalue weighted by Gasteiger charge is -2.12. The van der Waals surface area contributed by atoms with Gasteiger partial charge in [0.25, 0.3) is 0 Å². The smallest absolute Gasteiger partial charge is 0.230 e. The Morgan fingerprint density at radius 1 is 1.00 bits per heavy atom. The Bertz CT molecular complexity index is 914. The van der Waals surface area contributed by atoms with Crippen LogP contribution in [0.5, 0.6) is 5.75 Å². The summed E-state index contributed by atoms with van der Waals surface area (Å²) < 4.78 is 16.7. The molecule has 0 aliphatic carbocycles. The summed E-state index contributed by atoms with van der Waals surface area (Å²) in [6, 6.07) is 4.06. The van der Waals surface area contributed by atoms with Gasteiger partial charge in [0.05, 0.1) is 19.3 Å². The van der Waals surface area contributed by atoms with Crippen LogP contribution in [0.4, 0.5) is 0 Å². The van der Waals surface area contributed by atoms with Gasteiger partial charge in [-0.05, 0) is 51.1 Å². The highest BCUT2D eigenvalue weighted by Gasteiger charge is 2.17. The van der Waals surface area contributed by atoms with Crippen LogP contribution in [0.3, 0.4) is 0 Å². The Kier molecular flexibility index (Phi) is 5.08. The Morgan fingerprint density at radius 2 is 1.77 bits per heavy atom. The third-order valence-electron chi connectivity index (χ3n) is 4.26. The fraction of sp³-hybridized carbons (Fsp3) is 0.421. The van der Waals surface area contributed by atoms with Crippen molar-refractivity contribution in [2.75, 3.05) is 14.2 Å². The number of benzene rings is 1. The Morgan fingerprint density at radius 3 is 2.42 bits per heavy atom. The second-order valence-electron chi connectivity index (χ2n) is 6.55. The number of hydrogen-bond acceptors (Lipinski definition) is 7. The van der Waals surface area contributed by atoms with Crippen molar-refractivity contribution in [2.45, 2.75) is 40.8 Å². The summed E-state index contributed by atoms with van der Waals surface area (Å²) in [5.41, 5.74) is 3.99. The number of ether oxygens (including phenoxy) is 1. The first-order chi connectivity index (χ1) is 12.4. The molecule has 2 aromatic heterocycles. The molecule has 0 aliphatic rings. The van der Waals surface area contributed by atoms with Gasteiger partial charge in [0.15, 0.2) is 0 Å². The molecule has 3 rings (SSSR count). The molecule has 0 bridgehead atoms. The molecule has 26 heavy (non-hydrogen) atoms. The molecule has 1 aromatic carbocycles. The van der Waals surface area contributed by atoms with E-state index in [0.29, 0.717) is 30.8 Å². The lowest BCUT2D eigenvalue weighted by atomic mass is 10.0. The monoisotopic (exact) mass is 356 g/mol. The van der Waals surface area contributed by atoms with Crippen LogP contribution in [0.1, 0.15) is 34.4 Å². The molecule has 0 saturated heterocycles. The Balaban J connectivity index is 1.80. The highest BCUT2D eigenvalue weighted by atomic mass is 16.5. The van der Waals surface area contributed by atoms with Crippen LogP contribution >= 0.6 is 0 Å². The van der Waals surface area contributed by atoms with E-state index in [0.717, 1.165) is 33.9 Å². The van der Waals surface area contributed by atoms with E-state index in [-0.39, 0.29) is 0 Å². The van der Waals surface area contributed by atoms with E-state index < -0.39 is 0 Å². The maximum absolute atomic E-state index is 5.94. The molecule has 0 atom stereocenters. The van der Waals surface area contributed by atoms with Crippen LogP contribution in [-0.4, -0.2) is 34.2 Å². The van der Waals surface area contributed by atoms with Gasteiger partial charge in [-0.15, -0.1) is 10.2 Å². The zero-order chi connectivity index (χ0) is 18.8. The predicted octanol–water partition coefficient (Wildman–Crippen LogP) is 3.60. The number of hydrogen-bond donors (Lipinski definition) is 0. The van der Waals surface area contributed by atoms with Gasteiger partial charge in [-0.25, -0.2) is 4.98 Å². The van der Waals surface area contributed by atoms with Crippen molar-refractivity contribution >= 4 is 0 Å². The van der Waals surface area contributed by atoms with Crippen LogP contribution in [-0.2, 0) is 13.1 Å². The average molecular weight is 356 g/mol. The van der Waals surface area contributed by atoms with Crippen molar-refractivity contribution in [2.24, 2.45) is 0 Å². The minimum atomic E-state index is 0.559. The van der Waals surface area contributed by atoms with Crippen LogP contribution in [0, 0.1) is 27.7 Å². The minimum Gasteiger partial charge on any atom is -0.496 e. The number of nitrogens with zero attached hydrogens (tertiary/aromatic N) is 4. The SMILES string of the molecule is COc1cc(C)c(-c2nc(CN(C)Cc3nnc(C)o3)c(C)o2)cc1C. The third-order valence-corrected chi connectivity index (χ3v) is 4.26. The normalized spacial score (nSPS) is 11.3. The summed E-state index contributed by atoms with van der Waals surface area (Å²) >= 11 is 0. The van der Waals surface area contributed by atoms with E-state index in [2.05, 4.69) is 15.1 Å². The van der Waals surface area contributed by atoms with E-state index >= 15 is 0 Å². The van der Waals surface area contributed by atoms with E-state index in [1.54, 1.807) is 14.0 Å². The molecule has 0 amide bonds. The lowest BCUT2D eigenvalue weighted by molar-refractivity contribution is 0.275. The van der Waals surface area contributed by atoms with E-state index in [1.165, 1.54) is 0 Å². The molecule has 2 heterocycles. The highest BCUT2D eigenvalue weighted by Crippen LogP contribution is 2.31. The topological polar surface area (TPSA) is 77.4 Å². The molecule has 0 N–H and O–H groups in total. The molecule has 0 fully saturated rings. The lowest BCUT2D eigenvalue weighted by Crippen LogP contribution is -2.18. The standard InChI is InChI=1S/C19H24N4O3/c1-11-8-17(24-6)12(2)7-15(11)19-20-16(13(3)25-19)9-23(5)10-18-22-21-14(4)26-18/h7-8H,9-10H2,1-6H3. The molecule has 0 unspecified atom stereocenters. The highest BCUT2D eigenvalue weighted by molar-refractivity contribution is 5.62. The van der Waals surface area contributed by atoms with Crippen LogP contribution in [0.2, 0.25) is 0 Å². The summed E-state index contributed by atoms with van der Waals surface area (Å²) in [4.78, 5) is 6.77. The quantitative estimate of drug-likeness (QED) is 0.668. The van der Waals surface area contributed by atoms with Gasteiger partial charge in [-0.2, -0.15) is 0 Å². The molecule has 138 valence electrons. The zero-order valence-electron chi connectivity index (χ0n) is 16.1. The third kappa shape index (κ3) is 3.77. The molecule has 0 spiro atoms. The largest absolute Gasteiger partial charge is 0.496 e. The van der Waals surface area contributed by atoms with E-state index in [1.807, 2.05) is 40.0 Å². The number of oxazole rings is 1. The van der Waals surface area contributed by atoms with Crippen molar-refractivity contribution in [3.63, 3.8) is 0 Å². The molecular formula is C19H24N4O3. The maximum atomic E-state index is 5.94. The second-order valence-corrected chi connectivity index (χ2v) is 6.55. The summed E-state index contributed by atoms with van der Waals surface area (Å²) in [5, 5.41) is 7.88. The molecule has 3 aromatic rings. The van der Waals surface area contributed by atoms with Crippen molar-refractivity contribution in [1.82, 2.24) is 20.1 Å². The Hall–Kier alpha value is -2.67. The van der Waals surface area contributed by atoms with E-state index in [4.69, 9.17) is 18.6 Å². The van der Waals surface area contributed by atoms with Crippen molar-refractivity contribution in [1.29, 1.82) is 0 Å². The molecule has 7 nitrogen and oxygen atoms in total. The fourth-order valence-corrected chi connectivity index (χ4v) is 2.87. The summed E-state index contributed by atoms with van der Waals surface area (Å²) in [6.45, 7) is 8.94. The van der Waals surface area contributed by atoms with Gasteiger partial charge >= 0.3 is 0 Å². The molecule has 7 heteroatoms. The number of aryl methyl sites for hydroxylation is 4. The first-order valence-corrected chi connectivity index (χ1v) is 8.46. The van der Waals surface area contributed by atoms with Crippen molar-refractivity contribution < 1.29 is 13.6 Å². The van der Waals surface area contributed by atoms with Gasteiger partial charge in [0.1, 0.15) is 11.5 Å². The average Bonchev–Trinajstić information content (AvgIpc) is 3.15. The Labute approximate surface area is 153 Å². The molecular weight excluding hydrogens is 332 g/mol.